The van der Waals surface area contributed by atoms with Gasteiger partial charge in [0.25, 0.3) is 0 Å². The van der Waals surface area contributed by atoms with Crippen molar-refractivity contribution in [3.63, 3.8) is 0 Å². The van der Waals surface area contributed by atoms with Gasteiger partial charge in [-0.15, -0.1) is 0 Å². The predicted molar refractivity (Wildman–Crippen MR) is 73.9 cm³/mol. The lowest BCUT2D eigenvalue weighted by Gasteiger charge is -2.10. The van der Waals surface area contributed by atoms with Crippen molar-refractivity contribution in [2.75, 3.05) is 5.75 Å². The van der Waals surface area contributed by atoms with Crippen molar-refractivity contribution in [2.24, 2.45) is 0 Å². The molecule has 0 amide bonds. The number of carbonyl (C=O) groups is 1. The topological polar surface area (TPSA) is 40.1 Å². The summed E-state index contributed by atoms with van der Waals surface area (Å²) in [5, 5.41) is 0. The SMILES string of the molecule is O=C(C[S+]([O-])Cc1ccccc1)c1ccccc1. The van der Waals surface area contributed by atoms with Crippen molar-refractivity contribution >= 4 is 17.0 Å². The normalized spacial score (nSPS) is 12.1. The van der Waals surface area contributed by atoms with Gasteiger partial charge in [-0.1, -0.05) is 60.7 Å². The molecule has 0 aliphatic heterocycles. The van der Waals surface area contributed by atoms with E-state index in [1.54, 1.807) is 12.1 Å². The van der Waals surface area contributed by atoms with Crippen molar-refractivity contribution in [1.82, 2.24) is 0 Å². The van der Waals surface area contributed by atoms with E-state index in [0.717, 1.165) is 5.56 Å². The van der Waals surface area contributed by atoms with Gasteiger partial charge in [0.15, 0.2) is 5.75 Å². The van der Waals surface area contributed by atoms with E-state index in [1.807, 2.05) is 48.5 Å². The minimum absolute atomic E-state index is 0.0649. The molecular weight excluding hydrogens is 244 g/mol. The summed E-state index contributed by atoms with van der Waals surface area (Å²) in [7, 11) is 0. The highest BCUT2D eigenvalue weighted by Crippen LogP contribution is 2.09. The summed E-state index contributed by atoms with van der Waals surface area (Å²) in [4.78, 5) is 11.9. The van der Waals surface area contributed by atoms with Crippen LogP contribution in [0.3, 0.4) is 0 Å². The van der Waals surface area contributed by atoms with Crippen LogP contribution in [0.2, 0.25) is 0 Å². The first kappa shape index (κ1) is 12.9. The highest BCUT2D eigenvalue weighted by molar-refractivity contribution is 7.91. The van der Waals surface area contributed by atoms with Gasteiger partial charge in [-0.25, -0.2) is 0 Å². The molecule has 0 aliphatic carbocycles. The molecule has 0 bridgehead atoms. The Labute approximate surface area is 110 Å². The predicted octanol–water partition coefficient (Wildman–Crippen LogP) is 2.82. The third-order valence-corrected chi connectivity index (χ3v) is 3.80. The number of rotatable bonds is 5. The smallest absolute Gasteiger partial charge is 0.211 e. The van der Waals surface area contributed by atoms with E-state index >= 15 is 0 Å². The van der Waals surface area contributed by atoms with Gasteiger partial charge in [-0.05, 0) is 11.2 Å². The second kappa shape index (κ2) is 6.38. The lowest BCUT2D eigenvalue weighted by molar-refractivity contribution is 0.102. The Morgan fingerprint density at radius 2 is 1.50 bits per heavy atom. The van der Waals surface area contributed by atoms with Crippen molar-refractivity contribution in [1.29, 1.82) is 0 Å². The van der Waals surface area contributed by atoms with Crippen molar-refractivity contribution in [2.45, 2.75) is 5.75 Å². The molecule has 2 nitrogen and oxygen atoms in total. The van der Waals surface area contributed by atoms with Crippen molar-refractivity contribution in [3.8, 4) is 0 Å². The molecule has 0 saturated carbocycles. The Bertz CT molecular complexity index is 496. The maximum Gasteiger partial charge on any atom is 0.211 e. The molecule has 0 spiro atoms. The van der Waals surface area contributed by atoms with Crippen LogP contribution in [0.4, 0.5) is 0 Å². The second-order valence-electron chi connectivity index (χ2n) is 4.00. The van der Waals surface area contributed by atoms with Crippen LogP contribution in [-0.4, -0.2) is 16.1 Å². The van der Waals surface area contributed by atoms with Gasteiger partial charge in [-0.3, -0.25) is 4.79 Å². The standard InChI is InChI=1S/C15H14O2S/c16-15(14-9-5-2-6-10-14)12-18(17)11-13-7-3-1-4-8-13/h1-10H,11-12H2. The van der Waals surface area contributed by atoms with Gasteiger partial charge < -0.3 is 4.55 Å². The molecule has 0 saturated heterocycles. The van der Waals surface area contributed by atoms with Crippen LogP contribution >= 0.6 is 0 Å². The molecule has 2 aromatic carbocycles. The summed E-state index contributed by atoms with van der Waals surface area (Å²) >= 11 is -1.15. The molecule has 0 heterocycles. The van der Waals surface area contributed by atoms with E-state index in [1.165, 1.54) is 0 Å². The van der Waals surface area contributed by atoms with E-state index < -0.39 is 11.2 Å². The molecule has 0 fully saturated rings. The Morgan fingerprint density at radius 1 is 0.944 bits per heavy atom. The van der Waals surface area contributed by atoms with E-state index in [9.17, 15) is 9.35 Å². The Kier molecular flexibility index (Phi) is 4.56. The van der Waals surface area contributed by atoms with E-state index in [0.29, 0.717) is 11.3 Å². The number of hydrogen-bond acceptors (Lipinski definition) is 2. The van der Waals surface area contributed by atoms with Crippen molar-refractivity contribution in [3.05, 3.63) is 71.8 Å². The van der Waals surface area contributed by atoms with Crippen molar-refractivity contribution < 1.29 is 9.35 Å². The van der Waals surface area contributed by atoms with Gasteiger partial charge in [-0.2, -0.15) is 0 Å². The maximum atomic E-state index is 11.9. The average molecular weight is 258 g/mol. The van der Waals surface area contributed by atoms with Crippen LogP contribution in [0.25, 0.3) is 0 Å². The number of hydrogen-bond donors (Lipinski definition) is 0. The molecule has 2 rings (SSSR count). The first-order valence-electron chi connectivity index (χ1n) is 5.73. The molecule has 0 radical (unpaired) electrons. The van der Waals surface area contributed by atoms with Crippen LogP contribution in [0.15, 0.2) is 60.7 Å². The molecule has 3 heteroatoms. The van der Waals surface area contributed by atoms with Crippen LogP contribution in [0.1, 0.15) is 15.9 Å². The average Bonchev–Trinajstić information content (AvgIpc) is 2.40. The molecule has 18 heavy (non-hydrogen) atoms. The fraction of sp³-hybridized carbons (Fsp3) is 0.133. The minimum Gasteiger partial charge on any atom is -0.616 e. The third kappa shape index (κ3) is 3.72. The molecular formula is C15H14O2S. The van der Waals surface area contributed by atoms with Gasteiger partial charge in [0.2, 0.25) is 5.78 Å². The second-order valence-corrected chi connectivity index (χ2v) is 5.46. The van der Waals surface area contributed by atoms with Crippen LogP contribution < -0.4 is 0 Å². The van der Waals surface area contributed by atoms with Gasteiger partial charge >= 0.3 is 0 Å². The molecule has 0 aromatic heterocycles. The number of carbonyl (C=O) groups excluding carboxylic acids is 1. The summed E-state index contributed by atoms with van der Waals surface area (Å²) in [6.45, 7) is 0. The Morgan fingerprint density at radius 3 is 2.11 bits per heavy atom. The minimum atomic E-state index is -1.15. The number of ketones is 1. The van der Waals surface area contributed by atoms with E-state index in [4.69, 9.17) is 0 Å². The third-order valence-electron chi connectivity index (χ3n) is 2.56. The molecule has 1 atom stereocenters. The molecule has 92 valence electrons. The first-order valence-corrected chi connectivity index (χ1v) is 7.21. The fourth-order valence-corrected chi connectivity index (χ4v) is 2.79. The van der Waals surface area contributed by atoms with E-state index in [-0.39, 0.29) is 11.5 Å². The molecule has 0 N–H and O–H groups in total. The fourth-order valence-electron chi connectivity index (χ4n) is 1.66. The zero-order valence-corrected chi connectivity index (χ0v) is 10.7. The number of benzene rings is 2. The summed E-state index contributed by atoms with van der Waals surface area (Å²) in [6.07, 6.45) is 0. The summed E-state index contributed by atoms with van der Waals surface area (Å²) in [5.41, 5.74) is 1.62. The first-order chi connectivity index (χ1) is 8.75. The molecule has 0 aliphatic rings. The molecule has 2 aromatic rings. The summed E-state index contributed by atoms with van der Waals surface area (Å²) < 4.78 is 11.9. The zero-order chi connectivity index (χ0) is 12.8. The van der Waals surface area contributed by atoms with Gasteiger partial charge in [0.05, 0.1) is 0 Å². The Hall–Kier alpha value is -1.58. The quantitative estimate of drug-likeness (QED) is 0.611. The highest BCUT2D eigenvalue weighted by Gasteiger charge is 2.15. The maximum absolute atomic E-state index is 11.9. The molecule has 1 unspecified atom stereocenters. The Balaban J connectivity index is 1.92. The van der Waals surface area contributed by atoms with Crippen LogP contribution in [0.5, 0.6) is 0 Å². The largest absolute Gasteiger partial charge is 0.616 e. The van der Waals surface area contributed by atoms with E-state index in [2.05, 4.69) is 0 Å². The van der Waals surface area contributed by atoms with Gasteiger partial charge in [0, 0.05) is 11.1 Å². The lowest BCUT2D eigenvalue weighted by atomic mass is 10.2. The summed E-state index contributed by atoms with van der Waals surface area (Å²) in [6, 6.07) is 18.6. The highest BCUT2D eigenvalue weighted by atomic mass is 32.2. The van der Waals surface area contributed by atoms with Gasteiger partial charge in [0.1, 0.15) is 5.75 Å². The summed E-state index contributed by atoms with van der Waals surface area (Å²) in [5.74, 6) is 0.447. The lowest BCUT2D eigenvalue weighted by Crippen LogP contribution is -2.17. The monoisotopic (exact) mass is 258 g/mol. The van der Waals surface area contributed by atoms with Crippen LogP contribution in [-0.2, 0) is 16.9 Å². The van der Waals surface area contributed by atoms with Crippen LogP contribution in [0, 0.1) is 0 Å². The number of Topliss-reactive ketones (excluding diaryl/α,β-unsaturated/α-hetero) is 1. The zero-order valence-electron chi connectivity index (χ0n) is 9.91.